The van der Waals surface area contributed by atoms with Gasteiger partial charge in [-0.25, -0.2) is 5.84 Å². The number of hydrazine groups is 1. The molecule has 0 atom stereocenters. The van der Waals surface area contributed by atoms with Crippen LogP contribution in [-0.4, -0.2) is 35.9 Å². The summed E-state index contributed by atoms with van der Waals surface area (Å²) in [6.45, 7) is 4.69. The van der Waals surface area contributed by atoms with Crippen LogP contribution in [0, 0.1) is 0 Å². The molecule has 0 saturated carbocycles. The Labute approximate surface area is 82.4 Å². The maximum absolute atomic E-state index is 13.1. The molecule has 0 aromatic heterocycles. The Morgan fingerprint density at radius 1 is 1.43 bits per heavy atom. The smallest absolute Gasteiger partial charge is 0.295 e. The summed E-state index contributed by atoms with van der Waals surface area (Å²) < 4.78 is 26.1. The highest BCUT2D eigenvalue weighted by molar-refractivity contribution is 5.83. The molecule has 14 heavy (non-hydrogen) atoms. The van der Waals surface area contributed by atoms with Crippen LogP contribution in [0.25, 0.3) is 0 Å². The topological polar surface area (TPSA) is 58.4 Å². The van der Waals surface area contributed by atoms with Crippen molar-refractivity contribution in [3.05, 3.63) is 0 Å². The monoisotopic (exact) mass is 209 g/mol. The van der Waals surface area contributed by atoms with Gasteiger partial charge in [0.25, 0.3) is 0 Å². The summed E-state index contributed by atoms with van der Waals surface area (Å²) in [5.74, 6) is -0.281. The fourth-order valence-corrected chi connectivity index (χ4v) is 0.712. The highest BCUT2D eigenvalue weighted by atomic mass is 19.3. The first-order valence-electron chi connectivity index (χ1n) is 4.21. The fraction of sp³-hybridized carbons (Fsp3) is 0.875. The second-order valence-electron chi connectivity index (χ2n) is 4.20. The van der Waals surface area contributed by atoms with Gasteiger partial charge in [0.05, 0.1) is 6.54 Å². The highest BCUT2D eigenvalue weighted by Crippen LogP contribution is 2.19. The van der Waals surface area contributed by atoms with Crippen molar-refractivity contribution in [3.8, 4) is 0 Å². The summed E-state index contributed by atoms with van der Waals surface area (Å²) in [4.78, 5) is 12.1. The van der Waals surface area contributed by atoms with E-state index in [1.165, 1.54) is 17.4 Å². The van der Waals surface area contributed by atoms with Gasteiger partial charge in [0.1, 0.15) is 0 Å². The Balaban J connectivity index is 4.44. The largest absolute Gasteiger partial charge is 0.338 e. The van der Waals surface area contributed by atoms with E-state index in [2.05, 4.69) is 5.84 Å². The molecule has 6 heteroatoms. The third-order valence-corrected chi connectivity index (χ3v) is 2.04. The van der Waals surface area contributed by atoms with Crippen molar-refractivity contribution in [2.24, 2.45) is 5.84 Å². The number of amides is 1. The van der Waals surface area contributed by atoms with Crippen LogP contribution in [0.1, 0.15) is 20.8 Å². The molecule has 1 amide bonds. The van der Waals surface area contributed by atoms with E-state index in [0.717, 1.165) is 0 Å². The zero-order chi connectivity index (χ0) is 11.6. The summed E-state index contributed by atoms with van der Waals surface area (Å²) in [5.41, 5.74) is 1.03. The van der Waals surface area contributed by atoms with Gasteiger partial charge in [0, 0.05) is 5.54 Å². The van der Waals surface area contributed by atoms with Crippen LogP contribution in [0.5, 0.6) is 0 Å². The van der Waals surface area contributed by atoms with Crippen molar-refractivity contribution in [2.75, 3.05) is 13.6 Å². The molecule has 0 aromatic carbocycles. The quantitative estimate of drug-likeness (QED) is 0.400. The number of hydrogen-bond acceptors (Lipinski definition) is 3. The van der Waals surface area contributed by atoms with Crippen LogP contribution >= 0.6 is 0 Å². The first-order valence-corrected chi connectivity index (χ1v) is 4.21. The Hall–Kier alpha value is -0.750. The zero-order valence-corrected chi connectivity index (χ0v) is 8.90. The average molecular weight is 209 g/mol. The first kappa shape index (κ1) is 13.2. The molecule has 0 radical (unpaired) electrons. The summed E-state index contributed by atoms with van der Waals surface area (Å²) in [6, 6.07) is 0. The maximum atomic E-state index is 13.1. The van der Waals surface area contributed by atoms with E-state index in [9.17, 15) is 13.6 Å². The number of halogens is 2. The number of alkyl halides is 2. The lowest BCUT2D eigenvalue weighted by Gasteiger charge is -2.33. The van der Waals surface area contributed by atoms with Crippen LogP contribution in [0.3, 0.4) is 0 Å². The number of rotatable bonds is 3. The number of nitrogens with zero attached hydrogens (tertiary/aromatic N) is 1. The van der Waals surface area contributed by atoms with Crippen molar-refractivity contribution in [1.82, 2.24) is 10.3 Å². The van der Waals surface area contributed by atoms with E-state index in [4.69, 9.17) is 0 Å². The number of carbonyl (C=O) groups is 1. The van der Waals surface area contributed by atoms with E-state index in [0.29, 0.717) is 0 Å². The first-order chi connectivity index (χ1) is 6.11. The van der Waals surface area contributed by atoms with E-state index < -0.39 is 23.9 Å². The number of nitrogens with one attached hydrogen (secondary N) is 1. The maximum Gasteiger partial charge on any atom is 0.338 e. The molecule has 0 aliphatic carbocycles. The molecule has 0 aliphatic rings. The van der Waals surface area contributed by atoms with Gasteiger partial charge in [-0.3, -0.25) is 15.1 Å². The van der Waals surface area contributed by atoms with E-state index >= 15 is 0 Å². The van der Waals surface area contributed by atoms with Crippen LogP contribution in [0.2, 0.25) is 0 Å². The molecule has 3 N–H and O–H groups in total. The van der Waals surface area contributed by atoms with Gasteiger partial charge < -0.3 is 0 Å². The van der Waals surface area contributed by atoms with Crippen LogP contribution in [0.4, 0.5) is 8.78 Å². The van der Waals surface area contributed by atoms with Crippen molar-refractivity contribution < 1.29 is 13.6 Å². The van der Waals surface area contributed by atoms with Gasteiger partial charge in [-0.2, -0.15) is 8.78 Å². The summed E-state index contributed by atoms with van der Waals surface area (Å²) in [6.07, 6.45) is 0. The Morgan fingerprint density at radius 2 is 1.86 bits per heavy atom. The molecule has 0 aliphatic heterocycles. The number of hydrogen-bond donors (Lipinski definition) is 2. The highest BCUT2D eigenvalue weighted by Gasteiger charge is 2.41. The van der Waals surface area contributed by atoms with E-state index in [1.54, 1.807) is 20.8 Å². The molecule has 0 heterocycles. The SMILES string of the molecule is CN(CC(F)(F)C(=O)NN)C(C)(C)C. The minimum Gasteiger partial charge on any atom is -0.295 e. The van der Waals surface area contributed by atoms with Gasteiger partial charge >= 0.3 is 11.8 Å². The molecular weight excluding hydrogens is 192 g/mol. The predicted molar refractivity (Wildman–Crippen MR) is 49.7 cm³/mol. The lowest BCUT2D eigenvalue weighted by atomic mass is 10.1. The van der Waals surface area contributed by atoms with E-state index in [1.807, 2.05) is 0 Å². The van der Waals surface area contributed by atoms with Gasteiger partial charge in [0.2, 0.25) is 0 Å². The predicted octanol–water partition coefficient (Wildman–Crippen LogP) is 0.342. The number of carbonyl (C=O) groups excluding carboxylic acids is 1. The van der Waals surface area contributed by atoms with Crippen LogP contribution in [0.15, 0.2) is 0 Å². The third-order valence-electron chi connectivity index (χ3n) is 2.04. The molecule has 0 unspecified atom stereocenters. The molecular formula is C8H17F2N3O. The Morgan fingerprint density at radius 3 is 2.14 bits per heavy atom. The molecule has 0 spiro atoms. The summed E-state index contributed by atoms with van der Waals surface area (Å²) >= 11 is 0. The normalized spacial score (nSPS) is 13.1. The fourth-order valence-electron chi connectivity index (χ4n) is 0.712. The molecule has 0 saturated heterocycles. The summed E-state index contributed by atoms with van der Waals surface area (Å²) in [5, 5.41) is 0. The van der Waals surface area contributed by atoms with Crippen LogP contribution in [-0.2, 0) is 4.79 Å². The molecule has 4 nitrogen and oxygen atoms in total. The third kappa shape index (κ3) is 3.55. The van der Waals surface area contributed by atoms with Gasteiger partial charge in [-0.05, 0) is 27.8 Å². The molecule has 84 valence electrons. The van der Waals surface area contributed by atoms with Crippen molar-refractivity contribution in [3.63, 3.8) is 0 Å². The minimum absolute atomic E-state index is 0.418. The molecule has 0 bridgehead atoms. The lowest BCUT2D eigenvalue weighted by molar-refractivity contribution is -0.149. The Kier molecular flexibility index (Phi) is 3.96. The van der Waals surface area contributed by atoms with Crippen molar-refractivity contribution in [1.29, 1.82) is 0 Å². The zero-order valence-electron chi connectivity index (χ0n) is 8.90. The average Bonchev–Trinajstić information content (AvgIpc) is 2.00. The van der Waals surface area contributed by atoms with Gasteiger partial charge in [-0.1, -0.05) is 0 Å². The molecule has 0 fully saturated rings. The van der Waals surface area contributed by atoms with Crippen LogP contribution < -0.4 is 11.3 Å². The standard InChI is InChI=1S/C8H17F2N3O/c1-7(2,3)13(4)5-8(9,10)6(14)12-11/h5,11H2,1-4H3,(H,12,14). The van der Waals surface area contributed by atoms with Gasteiger partial charge in [0.15, 0.2) is 0 Å². The molecule has 0 aromatic rings. The lowest BCUT2D eigenvalue weighted by Crippen LogP contribution is -2.53. The minimum atomic E-state index is -3.46. The van der Waals surface area contributed by atoms with E-state index in [-0.39, 0.29) is 0 Å². The molecule has 0 rings (SSSR count). The van der Waals surface area contributed by atoms with Gasteiger partial charge in [-0.15, -0.1) is 0 Å². The summed E-state index contributed by atoms with van der Waals surface area (Å²) in [7, 11) is 1.53. The van der Waals surface area contributed by atoms with Crippen molar-refractivity contribution in [2.45, 2.75) is 32.2 Å². The Bertz CT molecular complexity index is 213. The second-order valence-corrected chi connectivity index (χ2v) is 4.20. The van der Waals surface area contributed by atoms with Crippen molar-refractivity contribution >= 4 is 5.91 Å². The second kappa shape index (κ2) is 4.18. The number of nitrogens with two attached hydrogens (primary N) is 1.